The second kappa shape index (κ2) is 11.3. The van der Waals surface area contributed by atoms with Crippen molar-refractivity contribution in [3.05, 3.63) is 35.6 Å². The van der Waals surface area contributed by atoms with Crippen LogP contribution in [0.5, 0.6) is 0 Å². The Balaban J connectivity index is 1.71. The average Bonchev–Trinajstić information content (AvgIpc) is 3.46. The molecule has 2 heterocycles. The van der Waals surface area contributed by atoms with Crippen molar-refractivity contribution in [1.29, 1.82) is 0 Å². The van der Waals surface area contributed by atoms with Crippen LogP contribution in [0.1, 0.15) is 84.7 Å². The highest BCUT2D eigenvalue weighted by Crippen LogP contribution is 2.46. The van der Waals surface area contributed by atoms with Gasteiger partial charge < -0.3 is 5.32 Å². The van der Waals surface area contributed by atoms with Gasteiger partial charge >= 0.3 is 5.91 Å². The summed E-state index contributed by atoms with van der Waals surface area (Å²) in [4.78, 5) is 30.4. The van der Waals surface area contributed by atoms with Gasteiger partial charge in [0.15, 0.2) is 6.04 Å². The van der Waals surface area contributed by atoms with Crippen molar-refractivity contribution in [2.75, 3.05) is 33.4 Å². The molecule has 2 amide bonds. The zero-order valence-electron chi connectivity index (χ0n) is 26.1. The highest BCUT2D eigenvalue weighted by Gasteiger charge is 2.60. The predicted octanol–water partition coefficient (Wildman–Crippen LogP) is 4.08. The van der Waals surface area contributed by atoms with Gasteiger partial charge in [-0.1, -0.05) is 26.0 Å². The van der Waals surface area contributed by atoms with E-state index >= 15 is 0 Å². The van der Waals surface area contributed by atoms with E-state index in [2.05, 4.69) is 44.8 Å². The molecule has 1 aliphatic carbocycles. The van der Waals surface area contributed by atoms with Gasteiger partial charge in [0, 0.05) is 31.6 Å². The Morgan fingerprint density at radius 2 is 1.66 bits per heavy atom. The van der Waals surface area contributed by atoms with Crippen molar-refractivity contribution < 1.29 is 26.9 Å². The van der Waals surface area contributed by atoms with E-state index in [1.54, 1.807) is 23.5 Å². The summed E-state index contributed by atoms with van der Waals surface area (Å²) in [6, 6.07) is 4.82. The Morgan fingerprint density at radius 1 is 1.07 bits per heavy atom. The second-order valence-electron chi connectivity index (χ2n) is 14.6. The highest BCUT2D eigenvalue weighted by atomic mass is 32.2. The minimum absolute atomic E-state index is 0.0552. The smallest absolute Gasteiger partial charge is 0.319 e. The Hall–Kier alpha value is -1.88. The molecular formula is C31H50FN4O4S+. The van der Waals surface area contributed by atoms with Gasteiger partial charge in [-0.3, -0.25) is 14.2 Å². The molecule has 8 nitrogen and oxygen atoms in total. The second-order valence-corrected chi connectivity index (χ2v) is 16.4. The maximum atomic E-state index is 14.7. The molecule has 5 atom stereocenters. The molecule has 2 unspecified atom stereocenters. The normalized spacial score (nSPS) is 31.5. The molecule has 0 bridgehead atoms. The lowest BCUT2D eigenvalue weighted by Crippen LogP contribution is -2.61. The Kier molecular flexibility index (Phi) is 8.85. The molecule has 10 heteroatoms. The van der Waals surface area contributed by atoms with E-state index in [0.717, 1.165) is 31.2 Å². The number of likely N-dealkylation sites (tertiary alicyclic amines) is 2. The van der Waals surface area contributed by atoms with Crippen LogP contribution in [0.15, 0.2) is 24.3 Å². The van der Waals surface area contributed by atoms with Crippen LogP contribution in [0.4, 0.5) is 4.39 Å². The third kappa shape index (κ3) is 6.40. The van der Waals surface area contributed by atoms with Gasteiger partial charge in [0.25, 0.3) is 5.91 Å². The number of sulfonamides is 1. The van der Waals surface area contributed by atoms with Gasteiger partial charge in [-0.15, -0.1) is 0 Å². The predicted molar refractivity (Wildman–Crippen MR) is 159 cm³/mol. The molecule has 41 heavy (non-hydrogen) atoms. The van der Waals surface area contributed by atoms with Crippen LogP contribution in [0.25, 0.3) is 0 Å². The fourth-order valence-electron chi connectivity index (χ4n) is 7.82. The molecular weight excluding hydrogens is 543 g/mol. The van der Waals surface area contributed by atoms with E-state index in [1.165, 1.54) is 18.4 Å². The first-order valence-corrected chi connectivity index (χ1v) is 16.9. The van der Waals surface area contributed by atoms with Crippen molar-refractivity contribution in [1.82, 2.24) is 14.5 Å². The summed E-state index contributed by atoms with van der Waals surface area (Å²) in [5.41, 5.74) is 0.818. The van der Waals surface area contributed by atoms with E-state index in [9.17, 15) is 22.4 Å². The van der Waals surface area contributed by atoms with Gasteiger partial charge in [-0.2, -0.15) is 4.31 Å². The van der Waals surface area contributed by atoms with Crippen LogP contribution in [0.3, 0.4) is 0 Å². The third-order valence-electron chi connectivity index (χ3n) is 10.0. The van der Waals surface area contributed by atoms with Crippen molar-refractivity contribution >= 4 is 21.8 Å². The van der Waals surface area contributed by atoms with E-state index in [1.807, 2.05) is 7.05 Å². The van der Waals surface area contributed by atoms with Crippen LogP contribution in [-0.4, -0.2) is 91.0 Å². The molecule has 230 valence electrons. The topological polar surface area (TPSA) is 86.8 Å². The van der Waals surface area contributed by atoms with E-state index in [-0.39, 0.29) is 51.7 Å². The molecule has 1 saturated carbocycles. The molecule has 0 radical (unpaired) electrons. The number of carbonyl (C=O) groups excluding carboxylic acids is 2. The summed E-state index contributed by atoms with van der Waals surface area (Å²) in [7, 11) is -0.202. The number of nitrogens with one attached hydrogen (secondary N) is 1. The summed E-state index contributed by atoms with van der Waals surface area (Å²) in [5.74, 6) is -1.05. The van der Waals surface area contributed by atoms with E-state index < -0.39 is 28.0 Å². The maximum absolute atomic E-state index is 14.7. The maximum Gasteiger partial charge on any atom is 0.319 e. The zero-order chi connectivity index (χ0) is 30.5. The summed E-state index contributed by atoms with van der Waals surface area (Å²) in [5, 5.41) is 2.75. The number of hydrogen-bond acceptors (Lipinski definition) is 5. The lowest BCUT2D eigenvalue weighted by Gasteiger charge is -2.42. The molecule has 3 fully saturated rings. The monoisotopic (exact) mass is 593 g/mol. The Morgan fingerprint density at radius 3 is 2.17 bits per heavy atom. The van der Waals surface area contributed by atoms with Crippen LogP contribution in [0, 0.1) is 17.2 Å². The molecule has 3 aliphatic rings. The number of halogens is 1. The van der Waals surface area contributed by atoms with Crippen LogP contribution in [0.2, 0.25) is 0 Å². The summed E-state index contributed by atoms with van der Waals surface area (Å²) < 4.78 is 41.9. The first kappa shape index (κ1) is 32.0. The molecule has 2 saturated heterocycles. The van der Waals surface area contributed by atoms with Crippen molar-refractivity contribution in [2.45, 2.75) is 103 Å². The van der Waals surface area contributed by atoms with Crippen LogP contribution >= 0.6 is 0 Å². The van der Waals surface area contributed by atoms with E-state index in [0.29, 0.717) is 19.4 Å². The molecule has 0 aromatic heterocycles. The summed E-state index contributed by atoms with van der Waals surface area (Å²) in [6.45, 7) is 11.7. The van der Waals surface area contributed by atoms with Crippen molar-refractivity contribution in [3.63, 3.8) is 0 Å². The average molecular weight is 594 g/mol. The third-order valence-corrected chi connectivity index (χ3v) is 11.4. The van der Waals surface area contributed by atoms with Gasteiger partial charge in [-0.25, -0.2) is 17.6 Å². The zero-order valence-corrected chi connectivity index (χ0v) is 26.9. The first-order valence-electron chi connectivity index (χ1n) is 15.0. The number of nitrogens with zero attached hydrogens (tertiary/aromatic N) is 3. The number of quaternary nitrogens is 1. The number of likely N-dealkylation sites (N-methyl/N-ethyl adjacent to an activating group) is 2. The Bertz CT molecular complexity index is 1240. The standard InChI is InChI=1S/C31H49FN4O4S/c1-30(2,3)34-18-15-25(27(34)21-9-11-22(32)12-10-21)29(38)36(7)20-24(19-26(36)28(37)33-6)35(41(8,39)40)23-13-16-31(4,5)17-14-23/h9-12,23-27H,13-20H2,1-8H3/p+1/t24-,25-,26-,27?,36?/m0/s1. The molecule has 1 aromatic rings. The Labute approximate surface area is 246 Å². The molecule has 4 rings (SSSR count). The molecule has 2 aliphatic heterocycles. The van der Waals surface area contributed by atoms with Crippen LogP contribution in [-0.2, 0) is 19.6 Å². The lowest BCUT2D eigenvalue weighted by molar-refractivity contribution is -0.840. The summed E-state index contributed by atoms with van der Waals surface area (Å²) >= 11 is 0. The van der Waals surface area contributed by atoms with Gasteiger partial charge in [0.2, 0.25) is 10.0 Å². The van der Waals surface area contributed by atoms with Crippen molar-refractivity contribution in [2.24, 2.45) is 11.3 Å². The molecule has 1 aromatic carbocycles. The highest BCUT2D eigenvalue weighted by molar-refractivity contribution is 7.88. The lowest BCUT2D eigenvalue weighted by atomic mass is 9.75. The van der Waals surface area contributed by atoms with Gasteiger partial charge in [0.1, 0.15) is 12.4 Å². The summed E-state index contributed by atoms with van der Waals surface area (Å²) in [6.07, 6.45) is 5.59. The van der Waals surface area contributed by atoms with Crippen molar-refractivity contribution in [3.8, 4) is 0 Å². The van der Waals surface area contributed by atoms with Gasteiger partial charge in [0.05, 0.1) is 31.3 Å². The molecule has 1 N–H and O–H groups in total. The number of amides is 2. The quantitative estimate of drug-likeness (QED) is 0.503. The van der Waals surface area contributed by atoms with Crippen LogP contribution < -0.4 is 5.32 Å². The number of rotatable bonds is 6. The van der Waals surface area contributed by atoms with Gasteiger partial charge in [-0.05, 0) is 76.0 Å². The number of benzene rings is 1. The fourth-order valence-corrected chi connectivity index (χ4v) is 9.27. The number of hydrogen-bond donors (Lipinski definition) is 1. The number of carbonyl (C=O) groups is 2. The minimum atomic E-state index is -3.59. The minimum Gasteiger partial charge on any atom is -0.354 e. The van der Waals surface area contributed by atoms with E-state index in [4.69, 9.17) is 0 Å². The first-order chi connectivity index (χ1) is 18.9. The molecule has 0 spiro atoms. The largest absolute Gasteiger partial charge is 0.354 e. The SMILES string of the molecule is CNC(=O)[C@@H]1C[C@H](N(C2CCC(C)(C)CC2)S(C)(=O)=O)C[N+]1(C)C(=O)[C@H]1CCN(C(C)(C)C)C1c1ccc(F)cc1. The fraction of sp³-hybridized carbons (Fsp3) is 0.742.